The maximum Gasteiger partial charge on any atom is -1.00 e. The van der Waals surface area contributed by atoms with Crippen LogP contribution < -0.4 is 24.8 Å². The number of allylic oxidation sites excluding steroid dienone is 8. The van der Waals surface area contributed by atoms with Crippen LogP contribution in [0.1, 0.15) is 40.5 Å². The number of hydrogen-bond donors (Lipinski definition) is 0. The Labute approximate surface area is 141 Å². The van der Waals surface area contributed by atoms with Crippen molar-refractivity contribution in [1.29, 1.82) is 0 Å². The zero-order valence-corrected chi connectivity index (χ0v) is 16.1. The van der Waals surface area contributed by atoms with E-state index in [2.05, 4.69) is 64.2 Å². The fourth-order valence-corrected chi connectivity index (χ4v) is 8.63. The van der Waals surface area contributed by atoms with E-state index in [4.69, 9.17) is 0 Å². The van der Waals surface area contributed by atoms with Crippen molar-refractivity contribution in [1.82, 2.24) is 0 Å². The van der Waals surface area contributed by atoms with Gasteiger partial charge in [-0.15, -0.1) is 0 Å². The molecule has 0 aromatic rings. The molecule has 0 amide bonds. The maximum atomic E-state index is 2.46. The van der Waals surface area contributed by atoms with Gasteiger partial charge in [0.15, 0.2) is 0 Å². The molecule has 0 nitrogen and oxygen atoms in total. The van der Waals surface area contributed by atoms with E-state index in [1.165, 1.54) is 12.8 Å². The quantitative estimate of drug-likeness (QED) is 0.606. The molecule has 0 N–H and O–H groups in total. The minimum atomic E-state index is -0.582. The second kappa shape index (κ2) is 7.44. The van der Waals surface area contributed by atoms with Crippen LogP contribution in [0.3, 0.4) is 0 Å². The molecular formula is C16H22Cl2Zr. The van der Waals surface area contributed by atoms with Crippen molar-refractivity contribution < 1.29 is 48.0 Å². The molecule has 2 aliphatic rings. The molecular weight excluding hydrogens is 354 g/mol. The van der Waals surface area contributed by atoms with E-state index in [9.17, 15) is 0 Å². The van der Waals surface area contributed by atoms with Crippen LogP contribution in [0.15, 0.2) is 47.6 Å². The topological polar surface area (TPSA) is 0 Å². The molecule has 0 fully saturated rings. The van der Waals surface area contributed by atoms with Crippen molar-refractivity contribution in [2.45, 2.75) is 46.8 Å². The molecule has 0 saturated heterocycles. The summed E-state index contributed by atoms with van der Waals surface area (Å²) in [5, 5.41) is 0. The Morgan fingerprint density at radius 2 is 1.21 bits per heavy atom. The Morgan fingerprint density at radius 3 is 1.53 bits per heavy atom. The van der Waals surface area contributed by atoms with Gasteiger partial charge in [0.05, 0.1) is 0 Å². The van der Waals surface area contributed by atoms with Gasteiger partial charge in [0.2, 0.25) is 0 Å². The van der Waals surface area contributed by atoms with Gasteiger partial charge in [0.25, 0.3) is 0 Å². The summed E-state index contributed by atoms with van der Waals surface area (Å²) in [4.78, 5) is 0. The maximum absolute atomic E-state index is 2.46. The van der Waals surface area contributed by atoms with Crippen LogP contribution >= 0.6 is 0 Å². The van der Waals surface area contributed by atoms with Crippen molar-refractivity contribution in [3.05, 3.63) is 47.6 Å². The summed E-state index contributed by atoms with van der Waals surface area (Å²) in [5.41, 5.74) is 3.31. The van der Waals surface area contributed by atoms with Crippen molar-refractivity contribution >= 4 is 0 Å². The number of halogens is 2. The zero-order chi connectivity index (χ0) is 12.5. The van der Waals surface area contributed by atoms with Crippen molar-refractivity contribution in [3.63, 3.8) is 0 Å². The van der Waals surface area contributed by atoms with Crippen molar-refractivity contribution in [3.8, 4) is 0 Å². The fraction of sp³-hybridized carbons (Fsp3) is 0.500. The Morgan fingerprint density at radius 1 is 0.842 bits per heavy atom. The van der Waals surface area contributed by atoms with Crippen LogP contribution in [0.5, 0.6) is 0 Å². The Hall–Kier alpha value is 0.423. The summed E-state index contributed by atoms with van der Waals surface area (Å²) in [6, 6.07) is 0. The predicted octanol–water partition coefficient (Wildman–Crippen LogP) is -0.753. The molecule has 0 saturated carbocycles. The zero-order valence-electron chi connectivity index (χ0n) is 12.1. The Balaban J connectivity index is 0.00000162. The molecule has 2 atom stereocenters. The predicted molar refractivity (Wildman–Crippen MR) is 71.8 cm³/mol. The summed E-state index contributed by atoms with van der Waals surface area (Å²) >= 11 is -0.582. The third-order valence-electron chi connectivity index (χ3n) is 4.07. The summed E-state index contributed by atoms with van der Waals surface area (Å²) in [6.45, 7) is 9.51. The SMILES string of the molecule is CCC1=CC=C[C]1(C)[Zr+2][C]1(C)C=CC=C1CC.[Cl-].[Cl-]. The molecule has 2 rings (SSSR count). The second-order valence-electron chi connectivity index (χ2n) is 5.34. The van der Waals surface area contributed by atoms with Gasteiger partial charge in [-0.1, -0.05) is 0 Å². The first-order chi connectivity index (χ1) is 8.04. The largest absolute Gasteiger partial charge is 1.00 e. The molecule has 104 valence electrons. The molecule has 0 heterocycles. The monoisotopic (exact) mass is 374 g/mol. The van der Waals surface area contributed by atoms with Crippen molar-refractivity contribution in [2.75, 3.05) is 0 Å². The smallest absolute Gasteiger partial charge is 1.00 e. The molecule has 0 aromatic heterocycles. The van der Waals surface area contributed by atoms with Gasteiger partial charge in [-0.3, -0.25) is 0 Å². The van der Waals surface area contributed by atoms with E-state index >= 15 is 0 Å². The molecule has 0 aliphatic heterocycles. The average Bonchev–Trinajstić information content (AvgIpc) is 2.81. The van der Waals surface area contributed by atoms with Crippen LogP contribution in [0, 0.1) is 0 Å². The summed E-state index contributed by atoms with van der Waals surface area (Å²) in [7, 11) is 0. The van der Waals surface area contributed by atoms with E-state index in [0.29, 0.717) is 6.25 Å². The second-order valence-corrected chi connectivity index (χ2v) is 11.1. The molecule has 0 aromatic carbocycles. The first-order valence-corrected chi connectivity index (χ1v) is 9.07. The summed E-state index contributed by atoms with van der Waals surface area (Å²) in [5.74, 6) is 0. The first kappa shape index (κ1) is 19.4. The van der Waals surface area contributed by atoms with Crippen LogP contribution in [0.2, 0.25) is 6.25 Å². The fourth-order valence-electron chi connectivity index (χ4n) is 3.03. The van der Waals surface area contributed by atoms with Gasteiger partial charge < -0.3 is 24.8 Å². The van der Waals surface area contributed by atoms with E-state index in [1.54, 1.807) is 11.1 Å². The first-order valence-electron chi connectivity index (χ1n) is 6.61. The van der Waals surface area contributed by atoms with Crippen LogP contribution in [-0.2, 0) is 23.2 Å². The van der Waals surface area contributed by atoms with Gasteiger partial charge in [-0.2, -0.15) is 0 Å². The Kier molecular flexibility index (Phi) is 7.60. The third kappa shape index (κ3) is 3.75. The molecule has 19 heavy (non-hydrogen) atoms. The minimum Gasteiger partial charge on any atom is -1.00 e. The van der Waals surface area contributed by atoms with Crippen LogP contribution in [0.4, 0.5) is 0 Å². The molecule has 2 unspecified atom stereocenters. The normalized spacial score (nSPS) is 31.2. The van der Waals surface area contributed by atoms with Gasteiger partial charge in [0, 0.05) is 0 Å². The Bertz CT molecular complexity index is 394. The van der Waals surface area contributed by atoms with Crippen molar-refractivity contribution in [2.24, 2.45) is 0 Å². The van der Waals surface area contributed by atoms with Gasteiger partial charge >= 0.3 is 118 Å². The van der Waals surface area contributed by atoms with Gasteiger partial charge in [-0.25, -0.2) is 0 Å². The summed E-state index contributed by atoms with van der Waals surface area (Å²) in [6.07, 6.45) is 16.6. The molecule has 3 heteroatoms. The third-order valence-corrected chi connectivity index (χ3v) is 9.02. The number of rotatable bonds is 4. The van der Waals surface area contributed by atoms with Crippen LogP contribution in [0.25, 0.3) is 0 Å². The van der Waals surface area contributed by atoms with Crippen LogP contribution in [-0.4, -0.2) is 0 Å². The van der Waals surface area contributed by atoms with E-state index in [1.807, 2.05) is 0 Å². The van der Waals surface area contributed by atoms with Gasteiger partial charge in [0.1, 0.15) is 0 Å². The minimum absolute atomic E-state index is 0. The van der Waals surface area contributed by atoms with E-state index in [-0.39, 0.29) is 24.8 Å². The number of hydrogen-bond acceptors (Lipinski definition) is 0. The molecule has 0 radical (unpaired) electrons. The average molecular weight is 376 g/mol. The van der Waals surface area contributed by atoms with E-state index < -0.39 is 23.2 Å². The van der Waals surface area contributed by atoms with E-state index in [0.717, 1.165) is 0 Å². The molecule has 0 spiro atoms. The standard InChI is InChI=1S/2C8H11.2ClH.Zr/c2*1-3-8-6-4-5-7(8)2;;;/h2*4-6H,3H2,1-2H3;2*1H;/q;;;;+2/p-2. The molecule has 0 bridgehead atoms. The summed E-state index contributed by atoms with van der Waals surface area (Å²) < 4.78 is 0.853. The molecule has 2 aliphatic carbocycles. The van der Waals surface area contributed by atoms with Gasteiger partial charge in [-0.05, 0) is 0 Å².